The average molecular weight is 781 g/mol. The van der Waals surface area contributed by atoms with Crippen LogP contribution in [0.1, 0.15) is 25.3 Å². The molecular weight excluding hydrogens is 745 g/mol. The van der Waals surface area contributed by atoms with E-state index in [-0.39, 0.29) is 20.1 Å². The predicted molar refractivity (Wildman–Crippen MR) is 187 cm³/mol. The number of hydrogen-bond donors (Lipinski definition) is 0. The number of furan rings is 1. The molecule has 45 heavy (non-hydrogen) atoms. The third-order valence-electron chi connectivity index (χ3n) is 7.81. The number of nitrogens with zero attached hydrogens (tertiary/aromatic N) is 2. The minimum absolute atomic E-state index is 0. The fourth-order valence-corrected chi connectivity index (χ4v) is 7.27. The second-order valence-corrected chi connectivity index (χ2v) is 17.3. The zero-order chi connectivity index (χ0) is 30.7. The number of fused-ring (bicyclic) bond motifs is 3. The second kappa shape index (κ2) is 13.9. The Morgan fingerprint density at radius 3 is 2.18 bits per heavy atom. The molecule has 7 aromatic rings. The maximum Gasteiger partial charge on any atom is 0.120 e. The van der Waals surface area contributed by atoms with Gasteiger partial charge in [-0.2, -0.15) is 0 Å². The monoisotopic (exact) mass is 781 g/mol. The molecule has 4 aromatic carbocycles. The summed E-state index contributed by atoms with van der Waals surface area (Å²) in [6.07, 6.45) is 3.89. The standard InChI is InChI=1S/C23H14NO.C17H22NSi.Ir/c1-2-8-16(9-3-1)17-13-14-18(20-11-6-7-15-24-20)23-22(17)19-10-4-5-12-21(19)25-23;1-13(2)15-11-16(14-9-7-6-8-10-14)18-12-17(15)19(3,4)5;/h1-13,15H;6-9,11-13H,1-5H3;/q2*-1;. The van der Waals surface area contributed by atoms with Crippen molar-refractivity contribution in [1.29, 1.82) is 0 Å². The van der Waals surface area contributed by atoms with E-state index in [1.807, 2.05) is 66.7 Å². The minimum atomic E-state index is -1.34. The molecule has 7 rings (SSSR count). The molecular formula is C40H36IrN2OSi-2. The number of aromatic nitrogens is 2. The van der Waals surface area contributed by atoms with Crippen LogP contribution in [0.15, 0.2) is 126 Å². The smallest absolute Gasteiger partial charge is 0.120 e. The van der Waals surface area contributed by atoms with E-state index in [1.165, 1.54) is 10.8 Å². The zero-order valence-electron chi connectivity index (χ0n) is 26.3. The zero-order valence-corrected chi connectivity index (χ0v) is 29.7. The van der Waals surface area contributed by atoms with Crippen molar-refractivity contribution in [3.63, 3.8) is 0 Å². The number of para-hydroxylation sites is 1. The van der Waals surface area contributed by atoms with E-state index in [1.54, 1.807) is 6.20 Å². The summed E-state index contributed by atoms with van der Waals surface area (Å²) >= 11 is 0. The summed E-state index contributed by atoms with van der Waals surface area (Å²) in [7, 11) is -1.34. The molecule has 0 fully saturated rings. The Morgan fingerprint density at radius 1 is 0.756 bits per heavy atom. The largest absolute Gasteiger partial charge is 0.501 e. The van der Waals surface area contributed by atoms with E-state index in [9.17, 15) is 0 Å². The fraction of sp³-hybridized carbons (Fsp3) is 0.150. The normalized spacial score (nSPS) is 11.2. The molecule has 0 saturated carbocycles. The third-order valence-corrected chi connectivity index (χ3v) is 9.84. The average Bonchev–Trinajstić information content (AvgIpc) is 3.45. The Balaban J connectivity index is 0.000000181. The van der Waals surface area contributed by atoms with Crippen LogP contribution in [0.4, 0.5) is 0 Å². The van der Waals surface area contributed by atoms with Gasteiger partial charge in [0.25, 0.3) is 0 Å². The predicted octanol–water partition coefficient (Wildman–Crippen LogP) is 10.3. The van der Waals surface area contributed by atoms with Crippen LogP contribution in [0.25, 0.3) is 55.6 Å². The maximum atomic E-state index is 6.23. The van der Waals surface area contributed by atoms with Crippen molar-refractivity contribution in [1.82, 2.24) is 9.97 Å². The van der Waals surface area contributed by atoms with Crippen LogP contribution in [-0.4, -0.2) is 18.0 Å². The molecule has 0 N–H and O–H groups in total. The molecule has 0 aliphatic rings. The topological polar surface area (TPSA) is 38.9 Å². The quantitative estimate of drug-likeness (QED) is 0.129. The van der Waals surface area contributed by atoms with E-state index < -0.39 is 8.07 Å². The maximum absolute atomic E-state index is 6.23. The van der Waals surface area contributed by atoms with E-state index in [0.717, 1.165) is 55.6 Å². The van der Waals surface area contributed by atoms with Crippen molar-refractivity contribution in [3.05, 3.63) is 139 Å². The molecule has 0 bridgehead atoms. The first kappa shape index (κ1) is 32.2. The molecule has 0 atom stereocenters. The second-order valence-electron chi connectivity index (χ2n) is 12.3. The third kappa shape index (κ3) is 6.92. The van der Waals surface area contributed by atoms with E-state index in [4.69, 9.17) is 4.42 Å². The van der Waals surface area contributed by atoms with Gasteiger partial charge in [-0.05, 0) is 40.0 Å². The van der Waals surface area contributed by atoms with Gasteiger partial charge < -0.3 is 14.4 Å². The van der Waals surface area contributed by atoms with Crippen LogP contribution in [0.3, 0.4) is 0 Å². The van der Waals surface area contributed by atoms with E-state index >= 15 is 0 Å². The van der Waals surface area contributed by atoms with Gasteiger partial charge >= 0.3 is 0 Å². The number of benzene rings is 4. The molecule has 0 saturated heterocycles. The van der Waals surface area contributed by atoms with Crippen LogP contribution in [-0.2, 0) is 20.1 Å². The van der Waals surface area contributed by atoms with Crippen molar-refractivity contribution < 1.29 is 24.5 Å². The molecule has 0 aliphatic heterocycles. The summed E-state index contributed by atoms with van der Waals surface area (Å²) < 4.78 is 6.23. The molecule has 3 aromatic heterocycles. The Kier molecular flexibility index (Phi) is 9.94. The molecule has 3 nitrogen and oxygen atoms in total. The first-order chi connectivity index (χ1) is 21.3. The minimum Gasteiger partial charge on any atom is -0.501 e. The van der Waals surface area contributed by atoms with E-state index in [2.05, 4.69) is 104 Å². The molecule has 227 valence electrons. The summed E-state index contributed by atoms with van der Waals surface area (Å²) in [6.45, 7) is 11.7. The summed E-state index contributed by atoms with van der Waals surface area (Å²) in [5.74, 6) is 0.534. The molecule has 0 unspecified atom stereocenters. The molecule has 1 radical (unpaired) electrons. The van der Waals surface area contributed by atoms with Gasteiger partial charge in [0.05, 0.1) is 13.7 Å². The van der Waals surface area contributed by atoms with Crippen LogP contribution < -0.4 is 5.19 Å². The van der Waals surface area contributed by atoms with Gasteiger partial charge in [0, 0.05) is 37.9 Å². The van der Waals surface area contributed by atoms with Crippen LogP contribution in [0.5, 0.6) is 0 Å². The van der Waals surface area contributed by atoms with Crippen LogP contribution in [0, 0.1) is 12.1 Å². The number of pyridine rings is 2. The first-order valence-corrected chi connectivity index (χ1v) is 18.6. The van der Waals surface area contributed by atoms with Gasteiger partial charge in [0.2, 0.25) is 0 Å². The Morgan fingerprint density at radius 2 is 1.49 bits per heavy atom. The van der Waals surface area contributed by atoms with Crippen molar-refractivity contribution in [2.24, 2.45) is 0 Å². The van der Waals surface area contributed by atoms with Gasteiger partial charge in [-0.1, -0.05) is 122 Å². The summed E-state index contributed by atoms with van der Waals surface area (Å²) in [5, 5.41) is 3.70. The van der Waals surface area contributed by atoms with Gasteiger partial charge in [-0.25, -0.2) is 0 Å². The molecule has 0 aliphatic carbocycles. The van der Waals surface area contributed by atoms with Crippen molar-refractivity contribution in [3.8, 4) is 33.6 Å². The summed E-state index contributed by atoms with van der Waals surface area (Å²) in [4.78, 5) is 9.14. The number of rotatable bonds is 5. The Bertz CT molecular complexity index is 2020. The fourth-order valence-electron chi connectivity index (χ4n) is 5.59. The molecule has 5 heteroatoms. The van der Waals surface area contributed by atoms with Crippen molar-refractivity contribution >= 4 is 35.2 Å². The van der Waals surface area contributed by atoms with Crippen LogP contribution in [0.2, 0.25) is 19.6 Å². The SMILES string of the molecule is CC(C)c1cc(-c2[c-]cccc2)ncc1[Si](C)(C)C.[Ir].[c-]1cc(-c2ccccc2)c2c(oc3ccccc32)c1-c1ccccn1. The number of hydrogen-bond acceptors (Lipinski definition) is 3. The molecule has 0 amide bonds. The Labute approximate surface area is 280 Å². The van der Waals surface area contributed by atoms with Crippen LogP contribution >= 0.6 is 0 Å². The molecule has 3 heterocycles. The van der Waals surface area contributed by atoms with Crippen molar-refractivity contribution in [2.45, 2.75) is 39.4 Å². The Hall–Kier alpha value is -4.15. The van der Waals surface area contributed by atoms with Gasteiger partial charge in [-0.15, -0.1) is 48.0 Å². The van der Waals surface area contributed by atoms with Gasteiger partial charge in [0.15, 0.2) is 0 Å². The first-order valence-electron chi connectivity index (χ1n) is 15.1. The van der Waals surface area contributed by atoms with Gasteiger partial charge in [0.1, 0.15) is 5.58 Å². The van der Waals surface area contributed by atoms with Crippen molar-refractivity contribution in [2.75, 3.05) is 0 Å². The van der Waals surface area contributed by atoms with E-state index in [0.29, 0.717) is 5.92 Å². The summed E-state index contributed by atoms with van der Waals surface area (Å²) in [5.41, 5.74) is 9.31. The molecule has 0 spiro atoms. The summed E-state index contributed by atoms with van der Waals surface area (Å²) in [6, 6.07) is 43.4. The van der Waals surface area contributed by atoms with Gasteiger partial charge in [-0.3, -0.25) is 0 Å².